The fraction of sp³-hybridized carbons (Fsp3) is 0.300. The number of aliphatic carboxylic acids is 1. The van der Waals surface area contributed by atoms with Crippen LogP contribution in [0.4, 0.5) is 4.39 Å². The highest BCUT2D eigenvalue weighted by molar-refractivity contribution is 5.79. The predicted molar refractivity (Wildman–Crippen MR) is 47.0 cm³/mol. The summed E-state index contributed by atoms with van der Waals surface area (Å²) in [5, 5.41) is 8.87. The van der Waals surface area contributed by atoms with Crippen molar-refractivity contribution in [2.24, 2.45) is 0 Å². The minimum absolute atomic E-state index is 0.0203. The van der Waals surface area contributed by atoms with Gasteiger partial charge in [-0.25, -0.2) is 4.39 Å². The maximum absolute atomic E-state index is 13.2. The van der Waals surface area contributed by atoms with Crippen molar-refractivity contribution in [3.05, 3.63) is 29.1 Å². The van der Waals surface area contributed by atoms with Gasteiger partial charge in [0.05, 0.1) is 0 Å². The average Bonchev–Trinajstić information content (AvgIpc) is 2.56. The van der Waals surface area contributed by atoms with Gasteiger partial charge in [-0.05, 0) is 18.6 Å². The molecule has 0 amide bonds. The van der Waals surface area contributed by atoms with Gasteiger partial charge in [-0.2, -0.15) is 0 Å². The fourth-order valence-electron chi connectivity index (χ4n) is 1.70. The van der Waals surface area contributed by atoms with E-state index in [2.05, 4.69) is 0 Å². The van der Waals surface area contributed by atoms with Crippen LogP contribution in [0.25, 0.3) is 0 Å². The number of carboxylic acid groups (broad SMARTS) is 1. The molecule has 1 aromatic carbocycles. The molecule has 0 fully saturated rings. The van der Waals surface area contributed by atoms with Gasteiger partial charge in [0.2, 0.25) is 0 Å². The Kier molecular flexibility index (Phi) is 1.91. The van der Waals surface area contributed by atoms with Gasteiger partial charge >= 0.3 is 5.97 Å². The van der Waals surface area contributed by atoms with Crippen molar-refractivity contribution in [2.75, 3.05) is 6.61 Å². The average molecular weight is 196 g/mol. The lowest BCUT2D eigenvalue weighted by atomic mass is 9.96. The Labute approximate surface area is 80.1 Å². The number of hydrogen-bond donors (Lipinski definition) is 1. The first-order valence-electron chi connectivity index (χ1n) is 4.26. The number of carbonyl (C=O) groups is 1. The fourth-order valence-corrected chi connectivity index (χ4v) is 1.70. The van der Waals surface area contributed by atoms with E-state index in [0.717, 1.165) is 5.56 Å². The molecule has 1 heterocycles. The standard InChI is InChI=1S/C10H9FO3/c1-5-2-3-7(11)9-8(5)6(4-14-9)10(12)13/h2-3,6H,4H2,1H3,(H,12,13). The highest BCUT2D eigenvalue weighted by Crippen LogP contribution is 2.38. The number of fused-ring (bicyclic) bond motifs is 1. The number of rotatable bonds is 1. The molecule has 0 aromatic heterocycles. The Morgan fingerprint density at radius 1 is 1.64 bits per heavy atom. The Bertz CT molecular complexity index is 401. The molecule has 1 unspecified atom stereocenters. The van der Waals surface area contributed by atoms with Gasteiger partial charge in [-0.1, -0.05) is 6.07 Å². The molecule has 0 aliphatic carbocycles. The normalized spacial score (nSPS) is 18.9. The molecule has 2 rings (SSSR count). The van der Waals surface area contributed by atoms with E-state index in [4.69, 9.17) is 9.84 Å². The summed E-state index contributed by atoms with van der Waals surface area (Å²) < 4.78 is 18.2. The second-order valence-electron chi connectivity index (χ2n) is 3.31. The first kappa shape index (κ1) is 8.99. The molecular weight excluding hydrogens is 187 g/mol. The molecular formula is C10H9FO3. The molecule has 0 saturated heterocycles. The minimum atomic E-state index is -0.975. The van der Waals surface area contributed by atoms with E-state index in [0.29, 0.717) is 5.56 Å². The van der Waals surface area contributed by atoms with E-state index >= 15 is 0 Å². The molecule has 0 saturated carbocycles. The number of aryl methyl sites for hydroxylation is 1. The number of ether oxygens (including phenoxy) is 1. The Morgan fingerprint density at radius 3 is 3.00 bits per heavy atom. The maximum atomic E-state index is 13.2. The second kappa shape index (κ2) is 2.97. The van der Waals surface area contributed by atoms with Crippen molar-refractivity contribution in [1.29, 1.82) is 0 Å². The topological polar surface area (TPSA) is 46.5 Å². The second-order valence-corrected chi connectivity index (χ2v) is 3.31. The summed E-state index contributed by atoms with van der Waals surface area (Å²) in [6, 6.07) is 2.86. The van der Waals surface area contributed by atoms with Gasteiger partial charge in [-0.15, -0.1) is 0 Å². The molecule has 1 N–H and O–H groups in total. The van der Waals surface area contributed by atoms with Gasteiger partial charge in [0.1, 0.15) is 12.5 Å². The van der Waals surface area contributed by atoms with Crippen molar-refractivity contribution >= 4 is 5.97 Å². The van der Waals surface area contributed by atoms with E-state index in [1.807, 2.05) is 0 Å². The van der Waals surface area contributed by atoms with E-state index in [1.54, 1.807) is 13.0 Å². The predicted octanol–water partition coefficient (Wildman–Crippen LogP) is 1.69. The van der Waals surface area contributed by atoms with Crippen molar-refractivity contribution < 1.29 is 19.0 Å². The number of carboxylic acids is 1. The summed E-state index contributed by atoms with van der Waals surface area (Å²) in [5.74, 6) is -2.11. The third kappa shape index (κ3) is 1.14. The van der Waals surface area contributed by atoms with Gasteiger partial charge in [0.25, 0.3) is 0 Å². The van der Waals surface area contributed by atoms with Gasteiger partial charge in [-0.3, -0.25) is 4.79 Å². The number of benzene rings is 1. The summed E-state index contributed by atoms with van der Waals surface area (Å²) in [6.07, 6.45) is 0. The summed E-state index contributed by atoms with van der Waals surface area (Å²) in [7, 11) is 0. The molecule has 4 heteroatoms. The zero-order valence-electron chi connectivity index (χ0n) is 7.58. The van der Waals surface area contributed by atoms with Crippen LogP contribution in [0.1, 0.15) is 17.0 Å². The summed E-state index contributed by atoms with van der Waals surface area (Å²) in [4.78, 5) is 10.8. The summed E-state index contributed by atoms with van der Waals surface area (Å²) >= 11 is 0. The molecule has 74 valence electrons. The summed E-state index contributed by atoms with van der Waals surface area (Å²) in [6.45, 7) is 1.77. The molecule has 0 radical (unpaired) electrons. The Morgan fingerprint density at radius 2 is 2.36 bits per heavy atom. The number of halogens is 1. The molecule has 1 aliphatic heterocycles. The SMILES string of the molecule is Cc1ccc(F)c2c1C(C(=O)O)CO2. The van der Waals surface area contributed by atoms with E-state index in [9.17, 15) is 9.18 Å². The molecule has 3 nitrogen and oxygen atoms in total. The van der Waals surface area contributed by atoms with Crippen LogP contribution in [-0.4, -0.2) is 17.7 Å². The van der Waals surface area contributed by atoms with E-state index in [-0.39, 0.29) is 12.4 Å². The third-order valence-corrected chi connectivity index (χ3v) is 2.41. The quantitative estimate of drug-likeness (QED) is 0.743. The van der Waals surface area contributed by atoms with Gasteiger partial charge in [0.15, 0.2) is 11.6 Å². The van der Waals surface area contributed by atoms with Crippen LogP contribution >= 0.6 is 0 Å². The van der Waals surface area contributed by atoms with Crippen LogP contribution < -0.4 is 4.74 Å². The minimum Gasteiger partial charge on any atom is -0.489 e. The van der Waals surface area contributed by atoms with Gasteiger partial charge < -0.3 is 9.84 Å². The lowest BCUT2D eigenvalue weighted by Crippen LogP contribution is -2.13. The Balaban J connectivity index is 2.58. The molecule has 0 bridgehead atoms. The van der Waals surface area contributed by atoms with E-state index in [1.165, 1.54) is 6.07 Å². The van der Waals surface area contributed by atoms with Crippen LogP contribution in [0, 0.1) is 12.7 Å². The van der Waals surface area contributed by atoms with Crippen LogP contribution in [0.2, 0.25) is 0 Å². The highest BCUT2D eigenvalue weighted by Gasteiger charge is 2.33. The Hall–Kier alpha value is -1.58. The molecule has 1 atom stereocenters. The summed E-state index contributed by atoms with van der Waals surface area (Å²) in [5.41, 5.74) is 1.23. The van der Waals surface area contributed by atoms with Crippen molar-refractivity contribution in [2.45, 2.75) is 12.8 Å². The largest absolute Gasteiger partial charge is 0.489 e. The van der Waals surface area contributed by atoms with Crippen LogP contribution in [0.5, 0.6) is 5.75 Å². The van der Waals surface area contributed by atoms with Crippen LogP contribution in [-0.2, 0) is 4.79 Å². The maximum Gasteiger partial charge on any atom is 0.314 e. The lowest BCUT2D eigenvalue weighted by molar-refractivity contribution is -0.139. The zero-order chi connectivity index (χ0) is 10.3. The van der Waals surface area contributed by atoms with Crippen LogP contribution in [0.3, 0.4) is 0 Å². The third-order valence-electron chi connectivity index (χ3n) is 2.41. The monoisotopic (exact) mass is 196 g/mol. The van der Waals surface area contributed by atoms with Gasteiger partial charge in [0, 0.05) is 5.56 Å². The highest BCUT2D eigenvalue weighted by atomic mass is 19.1. The molecule has 1 aromatic rings. The zero-order valence-corrected chi connectivity index (χ0v) is 7.58. The first-order valence-corrected chi connectivity index (χ1v) is 4.26. The van der Waals surface area contributed by atoms with Crippen molar-refractivity contribution in [3.63, 3.8) is 0 Å². The van der Waals surface area contributed by atoms with Crippen molar-refractivity contribution in [1.82, 2.24) is 0 Å². The molecule has 14 heavy (non-hydrogen) atoms. The molecule has 1 aliphatic rings. The smallest absolute Gasteiger partial charge is 0.314 e. The van der Waals surface area contributed by atoms with Crippen molar-refractivity contribution in [3.8, 4) is 5.75 Å². The number of hydrogen-bond acceptors (Lipinski definition) is 2. The first-order chi connectivity index (χ1) is 6.61. The lowest BCUT2D eigenvalue weighted by Gasteiger charge is -2.05. The molecule has 0 spiro atoms. The van der Waals surface area contributed by atoms with Crippen LogP contribution in [0.15, 0.2) is 12.1 Å². The van der Waals surface area contributed by atoms with E-state index < -0.39 is 17.7 Å².